The molecule has 4 heteroatoms. The second-order valence-electron chi connectivity index (χ2n) is 5.09. The fourth-order valence-corrected chi connectivity index (χ4v) is 1.50. The molecule has 1 aromatic rings. The molecule has 1 aromatic carbocycles. The van der Waals surface area contributed by atoms with E-state index in [1.807, 2.05) is 13.0 Å². The summed E-state index contributed by atoms with van der Waals surface area (Å²) in [7, 11) is 0. The van der Waals surface area contributed by atoms with Gasteiger partial charge >= 0.3 is 0 Å². The standard InChI is InChI=1S/C15H22N2O2/c1-10(2)11(3)17-15(19)9-16-14-7-5-6-13(8-14)12(4)18/h5-8,10-11,16H,9H2,1-4H3,(H,17,19)/t11-/m1/s1. The van der Waals surface area contributed by atoms with Crippen molar-refractivity contribution in [3.05, 3.63) is 29.8 Å². The summed E-state index contributed by atoms with van der Waals surface area (Å²) in [5, 5.41) is 5.94. The Hall–Kier alpha value is -1.84. The molecular formula is C15H22N2O2. The Balaban J connectivity index is 2.50. The van der Waals surface area contributed by atoms with Crippen LogP contribution in [0.3, 0.4) is 0 Å². The molecule has 0 heterocycles. The topological polar surface area (TPSA) is 58.2 Å². The minimum atomic E-state index is -0.0468. The number of rotatable bonds is 6. The minimum Gasteiger partial charge on any atom is -0.376 e. The maximum Gasteiger partial charge on any atom is 0.239 e. The van der Waals surface area contributed by atoms with Crippen molar-refractivity contribution in [3.63, 3.8) is 0 Å². The number of benzene rings is 1. The van der Waals surface area contributed by atoms with E-state index >= 15 is 0 Å². The lowest BCUT2D eigenvalue weighted by molar-refractivity contribution is -0.120. The number of Topliss-reactive ketones (excluding diaryl/α,β-unsaturated/α-hetero) is 1. The first-order valence-electron chi connectivity index (χ1n) is 6.54. The summed E-state index contributed by atoms with van der Waals surface area (Å²) in [6.07, 6.45) is 0. The monoisotopic (exact) mass is 262 g/mol. The highest BCUT2D eigenvalue weighted by Gasteiger charge is 2.10. The molecule has 104 valence electrons. The SMILES string of the molecule is CC(=O)c1cccc(NCC(=O)N[C@H](C)C(C)C)c1. The summed E-state index contributed by atoms with van der Waals surface area (Å²) >= 11 is 0. The molecule has 0 saturated heterocycles. The van der Waals surface area contributed by atoms with Crippen LogP contribution in [-0.2, 0) is 4.79 Å². The predicted octanol–water partition coefficient (Wildman–Crippen LogP) is 2.46. The molecule has 2 N–H and O–H groups in total. The zero-order chi connectivity index (χ0) is 14.4. The van der Waals surface area contributed by atoms with Gasteiger partial charge < -0.3 is 10.6 Å². The number of carbonyl (C=O) groups is 2. The molecule has 0 bridgehead atoms. The first-order chi connectivity index (χ1) is 8.90. The average molecular weight is 262 g/mol. The lowest BCUT2D eigenvalue weighted by Gasteiger charge is -2.17. The highest BCUT2D eigenvalue weighted by atomic mass is 16.2. The van der Waals surface area contributed by atoms with E-state index in [4.69, 9.17) is 0 Å². The maximum absolute atomic E-state index is 11.7. The molecular weight excluding hydrogens is 240 g/mol. The van der Waals surface area contributed by atoms with Gasteiger partial charge in [0.1, 0.15) is 0 Å². The lowest BCUT2D eigenvalue weighted by Crippen LogP contribution is -2.39. The van der Waals surface area contributed by atoms with E-state index in [9.17, 15) is 9.59 Å². The Kier molecular flexibility index (Phi) is 5.55. The largest absolute Gasteiger partial charge is 0.376 e. The molecule has 19 heavy (non-hydrogen) atoms. The fraction of sp³-hybridized carbons (Fsp3) is 0.467. The second-order valence-corrected chi connectivity index (χ2v) is 5.09. The van der Waals surface area contributed by atoms with Gasteiger partial charge in [-0.05, 0) is 31.9 Å². The molecule has 1 atom stereocenters. The predicted molar refractivity (Wildman–Crippen MR) is 77.4 cm³/mol. The minimum absolute atomic E-state index is 0.0153. The summed E-state index contributed by atoms with van der Waals surface area (Å²) in [4.78, 5) is 23.0. The molecule has 4 nitrogen and oxygen atoms in total. The molecule has 0 saturated carbocycles. The lowest BCUT2D eigenvalue weighted by atomic mass is 10.1. The molecule has 0 unspecified atom stereocenters. The number of anilines is 1. The van der Waals surface area contributed by atoms with Gasteiger partial charge in [-0.2, -0.15) is 0 Å². The maximum atomic E-state index is 11.7. The van der Waals surface area contributed by atoms with Crippen molar-refractivity contribution in [1.82, 2.24) is 5.32 Å². The number of hydrogen-bond donors (Lipinski definition) is 2. The van der Waals surface area contributed by atoms with Crippen LogP contribution in [0.4, 0.5) is 5.69 Å². The summed E-state index contributed by atoms with van der Waals surface area (Å²) < 4.78 is 0. The Morgan fingerprint density at radius 3 is 2.47 bits per heavy atom. The smallest absolute Gasteiger partial charge is 0.239 e. The van der Waals surface area contributed by atoms with Gasteiger partial charge in [0.05, 0.1) is 6.54 Å². The molecule has 0 aliphatic carbocycles. The number of hydrogen-bond acceptors (Lipinski definition) is 3. The summed E-state index contributed by atoms with van der Waals surface area (Å²) in [5.74, 6) is 0.376. The summed E-state index contributed by atoms with van der Waals surface area (Å²) in [6.45, 7) is 7.84. The third kappa shape index (κ3) is 5.12. The third-order valence-electron chi connectivity index (χ3n) is 3.11. The molecule has 1 amide bonds. The first-order valence-corrected chi connectivity index (χ1v) is 6.54. The van der Waals surface area contributed by atoms with Gasteiger partial charge in [-0.3, -0.25) is 9.59 Å². The molecule has 0 aromatic heterocycles. The van der Waals surface area contributed by atoms with E-state index in [0.29, 0.717) is 11.5 Å². The van der Waals surface area contributed by atoms with Crippen LogP contribution in [0.15, 0.2) is 24.3 Å². The fourth-order valence-electron chi connectivity index (χ4n) is 1.50. The van der Waals surface area contributed by atoms with Crippen LogP contribution in [0, 0.1) is 5.92 Å². The quantitative estimate of drug-likeness (QED) is 0.774. The van der Waals surface area contributed by atoms with Crippen LogP contribution < -0.4 is 10.6 Å². The van der Waals surface area contributed by atoms with Gasteiger partial charge in [-0.15, -0.1) is 0 Å². The molecule has 0 spiro atoms. The average Bonchev–Trinajstić information content (AvgIpc) is 2.36. The van der Waals surface area contributed by atoms with E-state index in [-0.39, 0.29) is 24.3 Å². The number of nitrogens with one attached hydrogen (secondary N) is 2. The van der Waals surface area contributed by atoms with E-state index in [0.717, 1.165) is 5.69 Å². The van der Waals surface area contributed by atoms with Crippen molar-refractivity contribution in [1.29, 1.82) is 0 Å². The van der Waals surface area contributed by atoms with Gasteiger partial charge in [-0.1, -0.05) is 26.0 Å². The van der Waals surface area contributed by atoms with E-state index in [1.54, 1.807) is 18.2 Å². The molecule has 0 radical (unpaired) electrons. The van der Waals surface area contributed by atoms with Crippen molar-refractivity contribution < 1.29 is 9.59 Å². The second kappa shape index (κ2) is 6.92. The van der Waals surface area contributed by atoms with E-state index in [1.165, 1.54) is 6.92 Å². The van der Waals surface area contributed by atoms with Gasteiger partial charge in [-0.25, -0.2) is 0 Å². The van der Waals surface area contributed by atoms with Gasteiger partial charge in [0.2, 0.25) is 5.91 Å². The van der Waals surface area contributed by atoms with E-state index in [2.05, 4.69) is 24.5 Å². The van der Waals surface area contributed by atoms with Crippen LogP contribution in [0.25, 0.3) is 0 Å². The van der Waals surface area contributed by atoms with Crippen LogP contribution in [0.5, 0.6) is 0 Å². The Bertz CT molecular complexity index is 455. The van der Waals surface area contributed by atoms with Crippen molar-refractivity contribution in [3.8, 4) is 0 Å². The van der Waals surface area contributed by atoms with Crippen LogP contribution in [0.1, 0.15) is 38.1 Å². The van der Waals surface area contributed by atoms with Gasteiger partial charge in [0.15, 0.2) is 5.78 Å². The number of ketones is 1. The third-order valence-corrected chi connectivity index (χ3v) is 3.11. The zero-order valence-electron chi connectivity index (χ0n) is 12.0. The van der Waals surface area contributed by atoms with Crippen molar-refractivity contribution >= 4 is 17.4 Å². The number of amides is 1. The Labute approximate surface area is 114 Å². The van der Waals surface area contributed by atoms with Gasteiger partial charge in [0, 0.05) is 17.3 Å². The summed E-state index contributed by atoms with van der Waals surface area (Å²) in [5.41, 5.74) is 1.42. The Morgan fingerprint density at radius 2 is 1.89 bits per heavy atom. The molecule has 0 aliphatic rings. The highest BCUT2D eigenvalue weighted by Crippen LogP contribution is 2.10. The van der Waals surface area contributed by atoms with Crippen LogP contribution in [-0.4, -0.2) is 24.3 Å². The highest BCUT2D eigenvalue weighted by molar-refractivity contribution is 5.95. The van der Waals surface area contributed by atoms with E-state index < -0.39 is 0 Å². The van der Waals surface area contributed by atoms with Crippen LogP contribution >= 0.6 is 0 Å². The normalized spacial score (nSPS) is 12.1. The van der Waals surface area contributed by atoms with Gasteiger partial charge in [0.25, 0.3) is 0 Å². The Morgan fingerprint density at radius 1 is 1.21 bits per heavy atom. The summed E-state index contributed by atoms with van der Waals surface area (Å²) in [6, 6.07) is 7.30. The zero-order valence-corrected chi connectivity index (χ0v) is 12.0. The van der Waals surface area contributed by atoms with Crippen molar-refractivity contribution in [2.75, 3.05) is 11.9 Å². The number of carbonyl (C=O) groups excluding carboxylic acids is 2. The molecule has 0 fully saturated rings. The molecule has 1 rings (SSSR count). The van der Waals surface area contributed by atoms with Crippen molar-refractivity contribution in [2.45, 2.75) is 33.7 Å². The first kappa shape index (κ1) is 15.2. The van der Waals surface area contributed by atoms with Crippen LogP contribution in [0.2, 0.25) is 0 Å². The molecule has 0 aliphatic heterocycles. The van der Waals surface area contributed by atoms with Crippen molar-refractivity contribution in [2.24, 2.45) is 5.92 Å².